The highest BCUT2D eigenvalue weighted by Crippen LogP contribution is 2.41. The van der Waals surface area contributed by atoms with E-state index in [0.29, 0.717) is 44.2 Å². The van der Waals surface area contributed by atoms with Crippen molar-refractivity contribution in [2.45, 2.75) is 66.6 Å². The smallest absolute Gasteiger partial charge is 0.330 e. The summed E-state index contributed by atoms with van der Waals surface area (Å²) in [5.74, 6) is 2.10. The number of hydrogen-bond donors (Lipinski definition) is 2. The zero-order valence-corrected chi connectivity index (χ0v) is 41.5. The summed E-state index contributed by atoms with van der Waals surface area (Å²) in [4.78, 5) is 56.8. The minimum absolute atomic E-state index is 0.0642. The van der Waals surface area contributed by atoms with Crippen molar-refractivity contribution in [2.24, 2.45) is 4.99 Å². The second-order valence-electron chi connectivity index (χ2n) is 17.1. The first-order chi connectivity index (χ1) is 33.8. The first kappa shape index (κ1) is 48.1. The first-order valence-corrected chi connectivity index (χ1v) is 24.2. The van der Waals surface area contributed by atoms with Gasteiger partial charge in [0.05, 0.1) is 86.4 Å². The van der Waals surface area contributed by atoms with Crippen LogP contribution in [0, 0.1) is 34.6 Å². The molecule has 362 valence electrons. The fourth-order valence-electron chi connectivity index (χ4n) is 9.01. The van der Waals surface area contributed by atoms with Crippen LogP contribution in [0.3, 0.4) is 0 Å². The second-order valence-corrected chi connectivity index (χ2v) is 18.8. The Balaban J connectivity index is 0.784. The number of fused-ring (bicyclic) bond motifs is 6. The van der Waals surface area contributed by atoms with Crippen LogP contribution in [0.2, 0.25) is 5.02 Å². The van der Waals surface area contributed by atoms with Crippen LogP contribution < -0.4 is 21.1 Å². The number of hydrogen-bond acceptors (Lipinski definition) is 13. The molecule has 1 aliphatic rings. The number of imidazole rings is 1. The van der Waals surface area contributed by atoms with E-state index >= 15 is 0 Å². The summed E-state index contributed by atoms with van der Waals surface area (Å²) in [6.45, 7) is 13.2. The van der Waals surface area contributed by atoms with E-state index < -0.39 is 12.1 Å². The van der Waals surface area contributed by atoms with Crippen molar-refractivity contribution >= 4 is 62.4 Å². The molecule has 0 fully saturated rings. The van der Waals surface area contributed by atoms with Gasteiger partial charge in [0, 0.05) is 56.8 Å². The number of methoxy groups -OCH3 is 1. The molecule has 2 N–H and O–H groups in total. The van der Waals surface area contributed by atoms with Gasteiger partial charge < -0.3 is 29.3 Å². The Morgan fingerprint density at radius 2 is 1.66 bits per heavy atom. The number of aryl methyl sites for hydroxylation is 4. The molecule has 2 aromatic carbocycles. The fourth-order valence-corrected chi connectivity index (χ4v) is 10.3. The molecule has 6 aromatic heterocycles. The third-order valence-electron chi connectivity index (χ3n) is 12.6. The molecule has 70 heavy (non-hydrogen) atoms. The van der Waals surface area contributed by atoms with Gasteiger partial charge in [-0.1, -0.05) is 29.8 Å². The van der Waals surface area contributed by atoms with E-state index in [1.807, 2.05) is 86.9 Å². The highest BCUT2D eigenvalue weighted by Gasteiger charge is 2.33. The van der Waals surface area contributed by atoms with Gasteiger partial charge in [-0.05, 0) is 89.1 Å². The normalized spacial score (nSPS) is 13.8. The molecule has 0 saturated heterocycles. The summed E-state index contributed by atoms with van der Waals surface area (Å²) in [5, 5.41) is 17.0. The lowest BCUT2D eigenvalue weighted by atomic mass is 9.99. The van der Waals surface area contributed by atoms with Gasteiger partial charge in [-0.25, -0.2) is 4.79 Å². The summed E-state index contributed by atoms with van der Waals surface area (Å²) in [6.07, 6.45) is 5.09. The van der Waals surface area contributed by atoms with E-state index in [0.717, 1.165) is 55.7 Å². The molecular weight excluding hydrogens is 932 g/mol. The van der Waals surface area contributed by atoms with Crippen LogP contribution in [-0.2, 0) is 25.6 Å². The standard InChI is InChI=1S/C51H53ClN10O7S/c1-28-27-69-31(4)45(28)37-22-39-36(23-42(37)66-7)48-41(25-56-39)60(51(65)61(48)30(3)38-10-8-9-15-53-38)26-44(64)55-17-19-68-21-20-67-18-16-54-43(63)24-40-49-59-58-33(6)62(49)50-46(29(2)32(5)70-50)47(57-40)34-11-13-35(52)14-12-34/h8-15,22-23,25,27,30,40H,16-21,24,26H2,1-7H3,(H,54,63)(H,55,64). The highest BCUT2D eigenvalue weighted by atomic mass is 35.5. The Morgan fingerprint density at radius 3 is 2.34 bits per heavy atom. The number of pyridine rings is 2. The predicted octanol–water partition coefficient (Wildman–Crippen LogP) is 7.71. The Kier molecular flexibility index (Phi) is 14.1. The number of amides is 2. The maximum Gasteiger partial charge on any atom is 0.330 e. The van der Waals surface area contributed by atoms with E-state index in [1.165, 1.54) is 9.44 Å². The van der Waals surface area contributed by atoms with Crippen molar-refractivity contribution < 1.29 is 28.2 Å². The van der Waals surface area contributed by atoms with Crippen LogP contribution in [0.5, 0.6) is 5.75 Å². The van der Waals surface area contributed by atoms with Gasteiger partial charge in [-0.2, -0.15) is 0 Å². The molecule has 2 unspecified atom stereocenters. The maximum absolute atomic E-state index is 14.4. The zero-order valence-electron chi connectivity index (χ0n) is 40.0. The molecular formula is C51H53ClN10O7S. The van der Waals surface area contributed by atoms with Gasteiger partial charge in [0.1, 0.15) is 34.9 Å². The minimum atomic E-state index is -0.582. The topological polar surface area (TPSA) is 195 Å². The van der Waals surface area contributed by atoms with Crippen molar-refractivity contribution in [3.63, 3.8) is 0 Å². The molecule has 0 bridgehead atoms. The van der Waals surface area contributed by atoms with Gasteiger partial charge in [-0.15, -0.1) is 21.5 Å². The van der Waals surface area contributed by atoms with Crippen LogP contribution >= 0.6 is 22.9 Å². The zero-order chi connectivity index (χ0) is 49.2. The Bertz CT molecular complexity index is 3320. The van der Waals surface area contributed by atoms with Crippen molar-refractivity contribution in [1.82, 2.24) is 44.5 Å². The van der Waals surface area contributed by atoms with Gasteiger partial charge in [-0.3, -0.25) is 38.3 Å². The molecule has 19 heteroatoms. The number of halogens is 1. The average molecular weight is 986 g/mol. The van der Waals surface area contributed by atoms with E-state index in [-0.39, 0.29) is 70.0 Å². The fraction of sp³-hybridized carbons (Fsp3) is 0.333. The quantitative estimate of drug-likeness (QED) is 0.0800. The number of carbonyl (C=O) groups is 2. The number of aliphatic imine (C=N–C) groups is 1. The number of rotatable bonds is 18. The van der Waals surface area contributed by atoms with Crippen molar-refractivity contribution in [2.75, 3.05) is 46.6 Å². The lowest BCUT2D eigenvalue weighted by molar-refractivity contribution is -0.122. The summed E-state index contributed by atoms with van der Waals surface area (Å²) in [5.41, 5.74) is 8.55. The summed E-state index contributed by atoms with van der Waals surface area (Å²) in [7, 11) is 1.60. The van der Waals surface area contributed by atoms with Gasteiger partial charge in [0.15, 0.2) is 5.82 Å². The van der Waals surface area contributed by atoms with Crippen LogP contribution in [-0.4, -0.2) is 98.0 Å². The molecule has 7 heterocycles. The SMILES string of the molecule is COc1cc2c(cc1-c1c(C)coc1C)ncc1c2n(C(C)c2ccccn2)c(=O)n1CC(=O)NCCOCCOCCNC(=O)CC1N=C(c2ccc(Cl)cc2)c2c(sc(C)c2C)-n2c(C)nnc21. The maximum atomic E-state index is 14.4. The number of nitrogens with zero attached hydrogens (tertiary/aromatic N) is 8. The molecule has 0 aliphatic carbocycles. The number of carbonyl (C=O) groups excluding carboxylic acids is 2. The molecule has 1 aliphatic heterocycles. The van der Waals surface area contributed by atoms with Crippen molar-refractivity contribution in [1.29, 1.82) is 0 Å². The van der Waals surface area contributed by atoms with E-state index in [9.17, 15) is 14.4 Å². The largest absolute Gasteiger partial charge is 0.496 e. The lowest BCUT2D eigenvalue weighted by Crippen LogP contribution is -2.35. The van der Waals surface area contributed by atoms with Crippen molar-refractivity contribution in [3.05, 3.63) is 139 Å². The highest BCUT2D eigenvalue weighted by molar-refractivity contribution is 7.15. The van der Waals surface area contributed by atoms with E-state index in [4.69, 9.17) is 40.2 Å². The monoisotopic (exact) mass is 984 g/mol. The number of nitrogens with one attached hydrogen (secondary N) is 2. The number of ether oxygens (including phenoxy) is 3. The summed E-state index contributed by atoms with van der Waals surface area (Å²) >= 11 is 7.90. The number of thiophene rings is 1. The third-order valence-corrected chi connectivity index (χ3v) is 14.0. The number of furan rings is 1. The second kappa shape index (κ2) is 20.5. The van der Waals surface area contributed by atoms with Crippen LogP contribution in [0.15, 0.2) is 87.5 Å². The first-order valence-electron chi connectivity index (χ1n) is 23.0. The Hall–Kier alpha value is -6.99. The van der Waals surface area contributed by atoms with Crippen LogP contribution in [0.25, 0.3) is 38.1 Å². The third kappa shape index (κ3) is 9.38. The molecule has 0 spiro atoms. The van der Waals surface area contributed by atoms with Gasteiger partial charge in [0.25, 0.3) is 0 Å². The minimum Gasteiger partial charge on any atom is -0.496 e. The van der Waals surface area contributed by atoms with E-state index in [2.05, 4.69) is 39.7 Å². The summed E-state index contributed by atoms with van der Waals surface area (Å²) in [6, 6.07) is 15.9. The summed E-state index contributed by atoms with van der Waals surface area (Å²) < 4.78 is 28.2. The van der Waals surface area contributed by atoms with Gasteiger partial charge >= 0.3 is 5.69 Å². The van der Waals surface area contributed by atoms with E-state index in [1.54, 1.807) is 41.7 Å². The van der Waals surface area contributed by atoms with Crippen LogP contribution in [0.4, 0.5) is 0 Å². The molecule has 0 saturated carbocycles. The van der Waals surface area contributed by atoms with Gasteiger partial charge in [0.2, 0.25) is 11.8 Å². The molecule has 2 atom stereocenters. The van der Waals surface area contributed by atoms with Crippen LogP contribution in [0.1, 0.15) is 75.7 Å². The Morgan fingerprint density at radius 1 is 0.914 bits per heavy atom. The average Bonchev–Trinajstić information content (AvgIpc) is 4.05. The van der Waals surface area contributed by atoms with Crippen molar-refractivity contribution in [3.8, 4) is 21.9 Å². The Labute approximate surface area is 412 Å². The molecule has 9 rings (SSSR count). The lowest BCUT2D eigenvalue weighted by Gasteiger charge is -2.15. The molecule has 2 amide bonds. The molecule has 17 nitrogen and oxygen atoms in total. The molecule has 0 radical (unpaired) electrons. The number of benzene rings is 2. The molecule has 8 aromatic rings. The number of aromatic nitrogens is 7. The predicted molar refractivity (Wildman–Crippen MR) is 269 cm³/mol.